The highest BCUT2D eigenvalue weighted by atomic mass is 14.0. The van der Waals surface area contributed by atoms with Crippen molar-refractivity contribution in [2.75, 3.05) is 0 Å². The normalized spacial score (nSPS) is 9.50. The molecule has 0 aliphatic heterocycles. The minimum absolute atomic E-state index is 1.15. The van der Waals surface area contributed by atoms with Crippen molar-refractivity contribution in [2.45, 2.75) is 26.7 Å². The van der Waals surface area contributed by atoms with E-state index in [0.717, 1.165) is 6.42 Å². The van der Waals surface area contributed by atoms with Crippen molar-refractivity contribution in [3.05, 3.63) is 108 Å². The summed E-state index contributed by atoms with van der Waals surface area (Å²) < 4.78 is 0. The molecular weight excluding hydrogens is 336 g/mol. The van der Waals surface area contributed by atoms with Crippen LogP contribution in [-0.4, -0.2) is 0 Å². The van der Waals surface area contributed by atoms with Crippen LogP contribution in [0.15, 0.2) is 86.0 Å². The Kier molecular flexibility index (Phi) is 11.8. The molecule has 2 aromatic carbocycles. The topological polar surface area (TPSA) is 0 Å². The summed E-state index contributed by atoms with van der Waals surface area (Å²) in [5, 5.41) is 0. The first-order valence-corrected chi connectivity index (χ1v) is 9.42. The Bertz CT molecular complexity index is 884. The van der Waals surface area contributed by atoms with Gasteiger partial charge in [0.1, 0.15) is 0 Å². The lowest BCUT2D eigenvalue weighted by Gasteiger charge is -1.98. The minimum Gasteiger partial charge on any atom is -0.0906 e. The van der Waals surface area contributed by atoms with Crippen LogP contribution in [0.1, 0.15) is 35.6 Å². The third-order valence-electron chi connectivity index (χ3n) is 3.68. The maximum Gasteiger partial charge on any atom is -0.0109 e. The Balaban J connectivity index is 0.000000568. The maximum absolute atomic E-state index is 3.38. The molecule has 0 atom stereocenters. The van der Waals surface area contributed by atoms with Gasteiger partial charge in [-0.15, -0.1) is 0 Å². The van der Waals surface area contributed by atoms with Gasteiger partial charge in [-0.1, -0.05) is 104 Å². The average Bonchev–Trinajstić information content (AvgIpc) is 2.72. The summed E-state index contributed by atoms with van der Waals surface area (Å²) in [4.78, 5) is 0. The molecule has 0 radical (unpaired) electrons. The number of rotatable bonds is 4. The number of hydrogen-bond donors (Lipinski definition) is 0. The van der Waals surface area contributed by atoms with Crippen molar-refractivity contribution >= 4 is 12.2 Å². The molecule has 140 valence electrons. The molecule has 0 unspecified atom stereocenters. The van der Waals surface area contributed by atoms with Crippen LogP contribution in [0.4, 0.5) is 0 Å². The highest BCUT2D eigenvalue weighted by molar-refractivity contribution is 5.56. The second kappa shape index (κ2) is 14.7. The van der Waals surface area contributed by atoms with E-state index in [4.69, 9.17) is 0 Å². The third-order valence-corrected chi connectivity index (χ3v) is 3.68. The van der Waals surface area contributed by atoms with Gasteiger partial charge in [0, 0.05) is 0 Å². The van der Waals surface area contributed by atoms with Gasteiger partial charge in [-0.2, -0.15) is 0 Å². The SMILES string of the molecule is C=CC#CC=C.CCCc1ccc(/C=C/C#C/C=C/c2ccc(C)cc2)cc1. The Morgan fingerprint density at radius 1 is 0.714 bits per heavy atom. The average molecular weight is 365 g/mol. The van der Waals surface area contributed by atoms with E-state index in [9.17, 15) is 0 Å². The van der Waals surface area contributed by atoms with Crippen LogP contribution in [0, 0.1) is 30.6 Å². The van der Waals surface area contributed by atoms with E-state index in [0.29, 0.717) is 0 Å². The monoisotopic (exact) mass is 364 g/mol. The highest BCUT2D eigenvalue weighted by Gasteiger charge is 1.90. The van der Waals surface area contributed by atoms with E-state index in [-0.39, 0.29) is 0 Å². The molecule has 0 amide bonds. The predicted octanol–water partition coefficient (Wildman–Crippen LogP) is 7.04. The van der Waals surface area contributed by atoms with E-state index < -0.39 is 0 Å². The predicted molar refractivity (Wildman–Crippen MR) is 126 cm³/mol. The summed E-state index contributed by atoms with van der Waals surface area (Å²) in [5.74, 6) is 11.3. The van der Waals surface area contributed by atoms with Gasteiger partial charge in [0.15, 0.2) is 0 Å². The Labute approximate surface area is 171 Å². The zero-order valence-corrected chi connectivity index (χ0v) is 16.9. The van der Waals surface area contributed by atoms with E-state index in [1.807, 2.05) is 24.3 Å². The van der Waals surface area contributed by atoms with Gasteiger partial charge in [0.25, 0.3) is 0 Å². The molecule has 28 heavy (non-hydrogen) atoms. The molecule has 0 N–H and O–H groups in total. The molecule has 0 heteroatoms. The Morgan fingerprint density at radius 2 is 1.18 bits per heavy atom. The molecule has 0 saturated carbocycles. The van der Waals surface area contributed by atoms with Gasteiger partial charge < -0.3 is 0 Å². The second-order valence-corrected chi connectivity index (χ2v) is 6.05. The van der Waals surface area contributed by atoms with Crippen molar-refractivity contribution in [1.29, 1.82) is 0 Å². The molecule has 0 aromatic heterocycles. The summed E-state index contributed by atoms with van der Waals surface area (Å²) in [6.07, 6.45) is 13.3. The Hall–Kier alpha value is -3.48. The Morgan fingerprint density at radius 3 is 1.61 bits per heavy atom. The lowest BCUT2D eigenvalue weighted by Crippen LogP contribution is -1.81. The van der Waals surface area contributed by atoms with Gasteiger partial charge in [0.05, 0.1) is 0 Å². The van der Waals surface area contributed by atoms with Crippen molar-refractivity contribution in [3.63, 3.8) is 0 Å². The first kappa shape index (κ1) is 22.6. The zero-order valence-electron chi connectivity index (χ0n) is 16.9. The first-order valence-electron chi connectivity index (χ1n) is 9.42. The summed E-state index contributed by atoms with van der Waals surface area (Å²) in [7, 11) is 0. The summed E-state index contributed by atoms with van der Waals surface area (Å²) in [6.45, 7) is 11.0. The molecule has 0 saturated heterocycles. The van der Waals surface area contributed by atoms with Crippen molar-refractivity contribution in [3.8, 4) is 23.7 Å². The minimum atomic E-state index is 1.15. The van der Waals surface area contributed by atoms with Gasteiger partial charge in [0.2, 0.25) is 0 Å². The lowest BCUT2D eigenvalue weighted by molar-refractivity contribution is 0.922. The number of aryl methyl sites for hydroxylation is 2. The molecule has 2 rings (SSSR count). The first-order chi connectivity index (χ1) is 13.7. The smallest absolute Gasteiger partial charge is 0.0109 e. The summed E-state index contributed by atoms with van der Waals surface area (Å²) in [6, 6.07) is 17.1. The number of hydrogen-bond acceptors (Lipinski definition) is 0. The number of benzene rings is 2. The van der Waals surface area contributed by atoms with Gasteiger partial charge in [-0.3, -0.25) is 0 Å². The zero-order chi connectivity index (χ0) is 20.5. The lowest BCUT2D eigenvalue weighted by atomic mass is 10.1. The number of allylic oxidation sites excluding steroid dienone is 4. The molecule has 0 heterocycles. The molecular formula is C28H28. The van der Waals surface area contributed by atoms with Crippen LogP contribution >= 0.6 is 0 Å². The summed E-state index contributed by atoms with van der Waals surface area (Å²) >= 11 is 0. The van der Waals surface area contributed by atoms with Gasteiger partial charge in [-0.05, 0) is 66.5 Å². The van der Waals surface area contributed by atoms with Crippen LogP contribution in [0.3, 0.4) is 0 Å². The van der Waals surface area contributed by atoms with Crippen molar-refractivity contribution in [1.82, 2.24) is 0 Å². The largest absolute Gasteiger partial charge is 0.0906 e. The van der Waals surface area contributed by atoms with E-state index in [2.05, 4.69) is 99.2 Å². The fraction of sp³-hybridized carbons (Fsp3) is 0.143. The van der Waals surface area contributed by atoms with Crippen LogP contribution in [-0.2, 0) is 6.42 Å². The molecule has 0 nitrogen and oxygen atoms in total. The molecule has 0 spiro atoms. The quantitative estimate of drug-likeness (QED) is 0.510. The summed E-state index contributed by atoms with van der Waals surface area (Å²) in [5.41, 5.74) is 5.04. The molecule has 0 bridgehead atoms. The van der Waals surface area contributed by atoms with Crippen molar-refractivity contribution in [2.24, 2.45) is 0 Å². The third kappa shape index (κ3) is 10.5. The van der Waals surface area contributed by atoms with Crippen LogP contribution < -0.4 is 0 Å². The maximum atomic E-state index is 3.38. The fourth-order valence-electron chi connectivity index (χ4n) is 2.25. The molecule has 0 fully saturated rings. The van der Waals surface area contributed by atoms with Crippen LogP contribution in [0.25, 0.3) is 12.2 Å². The van der Waals surface area contributed by atoms with Crippen LogP contribution in [0.5, 0.6) is 0 Å². The van der Waals surface area contributed by atoms with E-state index in [1.165, 1.54) is 40.8 Å². The molecule has 2 aromatic rings. The molecule has 0 aliphatic carbocycles. The van der Waals surface area contributed by atoms with Gasteiger partial charge >= 0.3 is 0 Å². The van der Waals surface area contributed by atoms with E-state index >= 15 is 0 Å². The second-order valence-electron chi connectivity index (χ2n) is 6.05. The molecule has 0 aliphatic rings. The van der Waals surface area contributed by atoms with E-state index in [1.54, 1.807) is 0 Å². The standard InChI is InChI=1S/C22H22.C6H6/c1-3-8-20-15-17-22(18-16-20)10-7-5-4-6-9-21-13-11-19(2)12-14-21;1-3-5-6-4-2/h6-7,9-18H,3,8H2,1-2H3;3-4H,1-2H2/b9-6+,10-7+;. The highest BCUT2D eigenvalue weighted by Crippen LogP contribution is 2.08. The fourth-order valence-corrected chi connectivity index (χ4v) is 2.25. The van der Waals surface area contributed by atoms with Crippen LogP contribution in [0.2, 0.25) is 0 Å². The van der Waals surface area contributed by atoms with Gasteiger partial charge in [-0.25, -0.2) is 0 Å². The van der Waals surface area contributed by atoms with Crippen molar-refractivity contribution < 1.29 is 0 Å².